The summed E-state index contributed by atoms with van der Waals surface area (Å²) in [4.78, 5) is 35.7. The molecule has 4 rings (SSSR count). The van der Waals surface area contributed by atoms with E-state index in [9.17, 15) is 22.8 Å². The Morgan fingerprint density at radius 1 is 1.20 bits per heavy atom. The van der Waals surface area contributed by atoms with Crippen molar-refractivity contribution in [3.8, 4) is 5.75 Å². The standard InChI is InChI=1S/C26H29F3N4O6S/c1-17-20(30-10-7-22(17)38-16-26(27,28)29)15-40-23-31-19-5-3-4-6-21(19)33(23)24(34)32(2)11-14-37-25(35)39-18-8-12-36-13-9-18/h3-7,10,18H,8-9,11-16H2,1-2H3. The molecule has 0 spiro atoms. The molecule has 0 bridgehead atoms. The zero-order valence-corrected chi connectivity index (χ0v) is 22.8. The molecule has 0 saturated carbocycles. The zero-order chi connectivity index (χ0) is 28.7. The Morgan fingerprint density at radius 3 is 2.70 bits per heavy atom. The van der Waals surface area contributed by atoms with Crippen LogP contribution >= 0.6 is 11.8 Å². The van der Waals surface area contributed by atoms with Crippen LogP contribution < -0.4 is 4.74 Å². The number of amides is 1. The topological polar surface area (TPSA) is 105 Å². The number of alkyl halides is 3. The van der Waals surface area contributed by atoms with E-state index < -0.39 is 25.0 Å². The van der Waals surface area contributed by atoms with Gasteiger partial charge in [0.25, 0.3) is 0 Å². The summed E-state index contributed by atoms with van der Waals surface area (Å²) in [7, 11) is 1.58. The fraction of sp³-hybridized carbons (Fsp3) is 0.462. The van der Waals surface area contributed by atoms with E-state index in [0.717, 1.165) is 0 Å². The Labute approximate surface area is 232 Å². The number of aromatic nitrogens is 3. The highest BCUT2D eigenvalue weighted by Gasteiger charge is 2.29. The number of carbonyl (C=O) groups excluding carboxylic acids is 2. The molecule has 2 aromatic heterocycles. The summed E-state index contributed by atoms with van der Waals surface area (Å²) in [5.41, 5.74) is 2.14. The summed E-state index contributed by atoms with van der Waals surface area (Å²) in [5.74, 6) is 0.318. The van der Waals surface area contributed by atoms with E-state index in [2.05, 4.69) is 9.97 Å². The molecule has 0 aliphatic carbocycles. The van der Waals surface area contributed by atoms with Crippen molar-refractivity contribution in [3.63, 3.8) is 0 Å². The molecule has 0 N–H and O–H groups in total. The minimum absolute atomic E-state index is 0.0623. The molecule has 216 valence electrons. The Balaban J connectivity index is 1.41. The van der Waals surface area contributed by atoms with E-state index in [1.165, 1.54) is 33.5 Å². The number of imidazole rings is 1. The van der Waals surface area contributed by atoms with Crippen LogP contribution in [-0.4, -0.2) is 83.9 Å². The lowest BCUT2D eigenvalue weighted by Gasteiger charge is -2.22. The Morgan fingerprint density at radius 2 is 1.95 bits per heavy atom. The lowest BCUT2D eigenvalue weighted by Crippen LogP contribution is -2.35. The SMILES string of the molecule is Cc1c(OCC(F)(F)F)ccnc1CSc1nc2ccccc2n1C(=O)N(C)CCOC(=O)OC1CCOCC1. The van der Waals surface area contributed by atoms with E-state index in [1.54, 1.807) is 38.2 Å². The van der Waals surface area contributed by atoms with Gasteiger partial charge in [-0.3, -0.25) is 4.98 Å². The van der Waals surface area contributed by atoms with Crippen molar-refractivity contribution < 1.29 is 41.7 Å². The average Bonchev–Trinajstić information content (AvgIpc) is 3.29. The number of likely N-dealkylation sites (N-methyl/N-ethyl adjacent to an activating group) is 1. The normalized spacial score (nSPS) is 14.2. The van der Waals surface area contributed by atoms with Gasteiger partial charge in [-0.15, -0.1) is 0 Å². The van der Waals surface area contributed by atoms with Crippen molar-refractivity contribution in [1.82, 2.24) is 19.4 Å². The first-order valence-electron chi connectivity index (χ1n) is 12.5. The lowest BCUT2D eigenvalue weighted by atomic mass is 10.2. The molecule has 0 radical (unpaired) electrons. The average molecular weight is 583 g/mol. The fourth-order valence-electron chi connectivity index (χ4n) is 3.94. The first kappa shape index (κ1) is 29.5. The van der Waals surface area contributed by atoms with Gasteiger partial charge in [0.05, 0.1) is 36.5 Å². The monoisotopic (exact) mass is 582 g/mol. The number of carbonyl (C=O) groups is 2. The van der Waals surface area contributed by atoms with Crippen LogP contribution in [-0.2, 0) is 20.0 Å². The smallest absolute Gasteiger partial charge is 0.484 e. The first-order chi connectivity index (χ1) is 19.1. The molecule has 1 aromatic carbocycles. The van der Waals surface area contributed by atoms with Gasteiger partial charge >= 0.3 is 18.4 Å². The molecule has 1 amide bonds. The number of halogens is 3. The molecule has 1 saturated heterocycles. The van der Waals surface area contributed by atoms with Crippen molar-refractivity contribution in [1.29, 1.82) is 0 Å². The molecule has 14 heteroatoms. The van der Waals surface area contributed by atoms with Crippen molar-refractivity contribution in [2.45, 2.75) is 43.0 Å². The molecule has 0 atom stereocenters. The quantitative estimate of drug-likeness (QED) is 0.249. The van der Waals surface area contributed by atoms with Gasteiger partial charge in [-0.1, -0.05) is 23.9 Å². The molecule has 0 unspecified atom stereocenters. The number of rotatable bonds is 9. The van der Waals surface area contributed by atoms with Gasteiger partial charge in [-0.05, 0) is 25.1 Å². The van der Waals surface area contributed by atoms with Crippen LogP contribution in [0.25, 0.3) is 11.0 Å². The number of hydrogen-bond acceptors (Lipinski definition) is 9. The number of benzene rings is 1. The molecular formula is C26H29F3N4O6S. The second-order valence-electron chi connectivity index (χ2n) is 9.02. The third kappa shape index (κ3) is 7.78. The summed E-state index contributed by atoms with van der Waals surface area (Å²) in [6, 6.07) is 8.09. The third-order valence-corrected chi connectivity index (χ3v) is 7.06. The minimum Gasteiger partial charge on any atom is -0.484 e. The van der Waals surface area contributed by atoms with Gasteiger partial charge in [0.15, 0.2) is 11.8 Å². The highest BCUT2D eigenvalue weighted by Crippen LogP contribution is 2.30. The maximum atomic E-state index is 13.5. The number of fused-ring (bicyclic) bond motifs is 1. The maximum absolute atomic E-state index is 13.5. The third-order valence-electron chi connectivity index (χ3n) is 6.11. The van der Waals surface area contributed by atoms with Gasteiger partial charge in [-0.25, -0.2) is 19.1 Å². The van der Waals surface area contributed by atoms with Crippen LogP contribution in [0.1, 0.15) is 24.1 Å². The Bertz CT molecular complexity index is 1330. The molecule has 3 heterocycles. The zero-order valence-electron chi connectivity index (χ0n) is 22.0. The maximum Gasteiger partial charge on any atom is 0.508 e. The number of nitrogens with zero attached hydrogens (tertiary/aromatic N) is 4. The molecule has 1 aliphatic heterocycles. The number of hydrogen-bond donors (Lipinski definition) is 0. The van der Waals surface area contributed by atoms with E-state index in [1.807, 2.05) is 0 Å². The summed E-state index contributed by atoms with van der Waals surface area (Å²) >= 11 is 1.21. The largest absolute Gasteiger partial charge is 0.508 e. The summed E-state index contributed by atoms with van der Waals surface area (Å²) < 4.78 is 59.9. The number of pyridine rings is 1. The predicted molar refractivity (Wildman–Crippen MR) is 140 cm³/mol. The van der Waals surface area contributed by atoms with Gasteiger partial charge in [-0.2, -0.15) is 13.2 Å². The van der Waals surface area contributed by atoms with Crippen LogP contribution in [0.5, 0.6) is 5.75 Å². The fourth-order valence-corrected chi connectivity index (χ4v) is 4.96. The molecular weight excluding hydrogens is 553 g/mol. The number of thioether (sulfide) groups is 1. The minimum atomic E-state index is -4.46. The van der Waals surface area contributed by atoms with Gasteiger partial charge < -0.3 is 23.8 Å². The summed E-state index contributed by atoms with van der Waals surface area (Å²) in [5, 5.41) is 0.376. The molecule has 1 fully saturated rings. The Kier molecular flexibility index (Phi) is 9.74. The van der Waals surface area contributed by atoms with E-state index >= 15 is 0 Å². The second-order valence-corrected chi connectivity index (χ2v) is 9.97. The van der Waals surface area contributed by atoms with E-state index in [-0.39, 0.29) is 30.8 Å². The van der Waals surface area contributed by atoms with Crippen molar-refractivity contribution in [3.05, 3.63) is 47.8 Å². The van der Waals surface area contributed by atoms with Gasteiger partial charge in [0.1, 0.15) is 18.5 Å². The molecule has 1 aliphatic rings. The highest BCUT2D eigenvalue weighted by molar-refractivity contribution is 7.98. The van der Waals surface area contributed by atoms with Crippen LogP contribution in [0.4, 0.5) is 22.8 Å². The number of para-hydroxylation sites is 2. The van der Waals surface area contributed by atoms with Crippen molar-refractivity contribution in [2.75, 3.05) is 40.0 Å². The predicted octanol–water partition coefficient (Wildman–Crippen LogP) is 5.21. The molecule has 10 nitrogen and oxygen atoms in total. The van der Waals surface area contributed by atoms with E-state index in [4.69, 9.17) is 18.9 Å². The Hall–Kier alpha value is -3.52. The number of ether oxygens (including phenoxy) is 4. The van der Waals surface area contributed by atoms with E-state index in [0.29, 0.717) is 53.5 Å². The highest BCUT2D eigenvalue weighted by atomic mass is 32.2. The molecule has 40 heavy (non-hydrogen) atoms. The lowest BCUT2D eigenvalue weighted by molar-refractivity contribution is -0.153. The van der Waals surface area contributed by atoms with Gasteiger partial charge in [0, 0.05) is 37.4 Å². The van der Waals surface area contributed by atoms with Crippen LogP contribution in [0.15, 0.2) is 41.7 Å². The summed E-state index contributed by atoms with van der Waals surface area (Å²) in [6.07, 6.45) is -2.89. The van der Waals surface area contributed by atoms with Gasteiger partial charge in [0.2, 0.25) is 0 Å². The first-order valence-corrected chi connectivity index (χ1v) is 13.5. The molecule has 3 aromatic rings. The van der Waals surface area contributed by atoms with Crippen LogP contribution in [0.2, 0.25) is 0 Å². The van der Waals surface area contributed by atoms with Crippen molar-refractivity contribution in [2.24, 2.45) is 0 Å². The second kappa shape index (κ2) is 13.2. The van der Waals surface area contributed by atoms with Crippen LogP contribution in [0, 0.1) is 6.92 Å². The summed E-state index contributed by atoms with van der Waals surface area (Å²) in [6.45, 7) is 1.33. The van der Waals surface area contributed by atoms with Crippen molar-refractivity contribution >= 4 is 35.0 Å². The van der Waals surface area contributed by atoms with Crippen LogP contribution in [0.3, 0.4) is 0 Å².